The van der Waals surface area contributed by atoms with Crippen molar-refractivity contribution < 1.29 is 9.59 Å². The predicted octanol–water partition coefficient (Wildman–Crippen LogP) is 3.71. The molecule has 3 aromatic rings. The van der Waals surface area contributed by atoms with Crippen LogP contribution in [0.25, 0.3) is 16.7 Å². The van der Waals surface area contributed by atoms with Gasteiger partial charge in [-0.05, 0) is 31.9 Å². The van der Waals surface area contributed by atoms with Gasteiger partial charge in [0, 0.05) is 12.6 Å². The van der Waals surface area contributed by atoms with Crippen molar-refractivity contribution >= 4 is 28.5 Å². The number of aryl methyl sites for hydroxylation is 1. The zero-order chi connectivity index (χ0) is 18.7. The van der Waals surface area contributed by atoms with Gasteiger partial charge in [0.25, 0.3) is 11.8 Å². The van der Waals surface area contributed by atoms with Crippen LogP contribution in [0, 0.1) is 11.3 Å². The third-order valence-electron chi connectivity index (χ3n) is 6.04. The molecular weight excluding hydrogens is 340 g/mol. The van der Waals surface area contributed by atoms with E-state index in [2.05, 4.69) is 6.07 Å². The summed E-state index contributed by atoms with van der Waals surface area (Å²) in [6.07, 6.45) is 4.93. The van der Waals surface area contributed by atoms with Crippen LogP contribution in [0.3, 0.4) is 0 Å². The maximum absolute atomic E-state index is 13.4. The monoisotopic (exact) mass is 360 g/mol. The van der Waals surface area contributed by atoms with Crippen LogP contribution < -0.4 is 0 Å². The fourth-order valence-electron chi connectivity index (χ4n) is 4.88. The first-order valence-corrected chi connectivity index (χ1v) is 9.62. The molecular formula is C21H20N4O2. The van der Waals surface area contributed by atoms with Crippen molar-refractivity contribution in [2.75, 3.05) is 0 Å². The molecule has 1 saturated carbocycles. The summed E-state index contributed by atoms with van der Waals surface area (Å²) < 4.78 is 3.84. The molecule has 1 aliphatic carbocycles. The van der Waals surface area contributed by atoms with Gasteiger partial charge in [0.2, 0.25) is 0 Å². The van der Waals surface area contributed by atoms with Crippen molar-refractivity contribution in [3.8, 4) is 6.07 Å². The number of rotatable bonds is 2. The van der Waals surface area contributed by atoms with E-state index < -0.39 is 0 Å². The van der Waals surface area contributed by atoms with Crippen LogP contribution in [0.5, 0.6) is 0 Å². The highest BCUT2D eigenvalue weighted by molar-refractivity contribution is 6.24. The third kappa shape index (κ3) is 1.94. The van der Waals surface area contributed by atoms with Gasteiger partial charge in [-0.3, -0.25) is 18.9 Å². The average molecular weight is 360 g/mol. The number of carbonyl (C=O) groups is 2. The van der Waals surface area contributed by atoms with Gasteiger partial charge in [-0.15, -0.1) is 0 Å². The van der Waals surface area contributed by atoms with Crippen molar-refractivity contribution in [1.82, 2.24) is 13.9 Å². The fourth-order valence-corrected chi connectivity index (χ4v) is 4.88. The first-order chi connectivity index (χ1) is 13.2. The van der Waals surface area contributed by atoms with Crippen LogP contribution >= 0.6 is 0 Å². The third-order valence-corrected chi connectivity index (χ3v) is 6.04. The molecule has 0 N–H and O–H groups in total. The second-order valence-corrected chi connectivity index (χ2v) is 7.37. The summed E-state index contributed by atoms with van der Waals surface area (Å²) in [5.74, 6) is -0.550. The van der Waals surface area contributed by atoms with E-state index in [1.165, 1.54) is 4.90 Å². The molecule has 2 aliphatic rings. The van der Waals surface area contributed by atoms with Gasteiger partial charge in [-0.1, -0.05) is 31.4 Å². The molecule has 6 nitrogen and oxygen atoms in total. The summed E-state index contributed by atoms with van der Waals surface area (Å²) in [4.78, 5) is 28.0. The number of aromatic nitrogens is 2. The number of nitrogens with zero attached hydrogens (tertiary/aromatic N) is 4. The number of fused-ring (bicyclic) bond motifs is 5. The van der Waals surface area contributed by atoms with Gasteiger partial charge in [0.1, 0.15) is 23.0 Å². The molecule has 0 bridgehead atoms. The first-order valence-electron chi connectivity index (χ1n) is 9.62. The molecule has 2 aromatic heterocycles. The van der Waals surface area contributed by atoms with E-state index in [0.717, 1.165) is 43.1 Å². The number of para-hydroxylation sites is 2. The molecule has 0 spiro atoms. The van der Waals surface area contributed by atoms with E-state index in [0.29, 0.717) is 23.4 Å². The highest BCUT2D eigenvalue weighted by Gasteiger charge is 2.46. The summed E-state index contributed by atoms with van der Waals surface area (Å²) in [6, 6.07) is 9.96. The Labute approximate surface area is 156 Å². The summed E-state index contributed by atoms with van der Waals surface area (Å²) in [5, 5.41) is 9.88. The van der Waals surface area contributed by atoms with E-state index in [-0.39, 0.29) is 23.4 Å². The zero-order valence-corrected chi connectivity index (χ0v) is 15.2. The van der Waals surface area contributed by atoms with E-state index >= 15 is 0 Å². The quantitative estimate of drug-likeness (QED) is 0.654. The van der Waals surface area contributed by atoms with Gasteiger partial charge in [0.15, 0.2) is 0 Å². The molecule has 1 aromatic carbocycles. The number of nitriles is 1. The second kappa shape index (κ2) is 5.71. The van der Waals surface area contributed by atoms with Gasteiger partial charge < -0.3 is 4.57 Å². The molecule has 136 valence electrons. The lowest BCUT2D eigenvalue weighted by molar-refractivity contribution is 0.0545. The lowest BCUT2D eigenvalue weighted by Gasteiger charge is -2.29. The lowest BCUT2D eigenvalue weighted by atomic mass is 9.94. The molecule has 5 rings (SSSR count). The van der Waals surface area contributed by atoms with Crippen LogP contribution in [-0.2, 0) is 6.54 Å². The van der Waals surface area contributed by atoms with Crippen LogP contribution in [-0.4, -0.2) is 31.7 Å². The maximum Gasteiger partial charge on any atom is 0.278 e. The number of amides is 2. The first kappa shape index (κ1) is 16.1. The maximum atomic E-state index is 13.4. The van der Waals surface area contributed by atoms with E-state index in [1.54, 1.807) is 0 Å². The van der Waals surface area contributed by atoms with E-state index in [9.17, 15) is 14.9 Å². The summed E-state index contributed by atoms with van der Waals surface area (Å²) in [6.45, 7) is 2.66. The molecule has 0 saturated heterocycles. The molecule has 27 heavy (non-hydrogen) atoms. The number of benzene rings is 1. The van der Waals surface area contributed by atoms with Crippen molar-refractivity contribution in [2.24, 2.45) is 0 Å². The SMILES string of the molecule is CCn1c2ccccc2n2c3c(c(C#N)c12)C(=O)N(C1CCCCC1)C3=O. The highest BCUT2D eigenvalue weighted by Crippen LogP contribution is 2.38. The minimum atomic E-state index is -0.297. The van der Waals surface area contributed by atoms with Crippen molar-refractivity contribution in [1.29, 1.82) is 5.26 Å². The average Bonchev–Trinajstić information content (AvgIpc) is 3.28. The zero-order valence-electron chi connectivity index (χ0n) is 15.2. The molecule has 3 heterocycles. The molecule has 6 heteroatoms. The van der Waals surface area contributed by atoms with Crippen LogP contribution in [0.2, 0.25) is 0 Å². The fraction of sp³-hybridized carbons (Fsp3) is 0.381. The number of hydrogen-bond acceptors (Lipinski definition) is 3. The predicted molar refractivity (Wildman–Crippen MR) is 101 cm³/mol. The smallest absolute Gasteiger partial charge is 0.278 e. The summed E-state index contributed by atoms with van der Waals surface area (Å²) in [7, 11) is 0. The lowest BCUT2D eigenvalue weighted by Crippen LogP contribution is -2.41. The van der Waals surface area contributed by atoms with Crippen LogP contribution in [0.15, 0.2) is 24.3 Å². The summed E-state index contributed by atoms with van der Waals surface area (Å²) in [5.41, 5.74) is 3.44. The van der Waals surface area contributed by atoms with Gasteiger partial charge >= 0.3 is 0 Å². The second-order valence-electron chi connectivity index (χ2n) is 7.37. The van der Waals surface area contributed by atoms with Crippen molar-refractivity contribution in [3.63, 3.8) is 0 Å². The molecule has 2 amide bonds. The minimum absolute atomic E-state index is 0.0483. The minimum Gasteiger partial charge on any atom is -0.325 e. The van der Waals surface area contributed by atoms with Gasteiger partial charge in [-0.2, -0.15) is 5.26 Å². The highest BCUT2D eigenvalue weighted by atomic mass is 16.2. The topological polar surface area (TPSA) is 70.5 Å². The number of hydrogen-bond donors (Lipinski definition) is 0. The van der Waals surface area contributed by atoms with Gasteiger partial charge in [0.05, 0.1) is 16.6 Å². The van der Waals surface area contributed by atoms with E-state index in [1.807, 2.05) is 40.2 Å². The Kier molecular flexibility index (Phi) is 3.41. The van der Waals surface area contributed by atoms with Crippen molar-refractivity contribution in [3.05, 3.63) is 41.1 Å². The largest absolute Gasteiger partial charge is 0.325 e. The molecule has 0 unspecified atom stereocenters. The number of carbonyl (C=O) groups excluding carboxylic acids is 2. The van der Waals surface area contributed by atoms with Crippen LogP contribution in [0.4, 0.5) is 0 Å². The summed E-state index contributed by atoms with van der Waals surface area (Å²) >= 11 is 0. The Morgan fingerprint density at radius 3 is 2.44 bits per heavy atom. The van der Waals surface area contributed by atoms with E-state index in [4.69, 9.17) is 0 Å². The van der Waals surface area contributed by atoms with Crippen molar-refractivity contribution in [2.45, 2.75) is 51.6 Å². The van der Waals surface area contributed by atoms with Gasteiger partial charge in [-0.25, -0.2) is 0 Å². The Balaban J connectivity index is 1.82. The normalized spacial score (nSPS) is 17.9. The molecule has 1 fully saturated rings. The Bertz CT molecular complexity index is 1150. The molecule has 1 aliphatic heterocycles. The molecule has 0 atom stereocenters. The number of imide groups is 1. The van der Waals surface area contributed by atoms with Crippen LogP contribution in [0.1, 0.15) is 65.4 Å². The Morgan fingerprint density at radius 2 is 1.78 bits per heavy atom. The molecule has 0 radical (unpaired) electrons. The standard InChI is InChI=1S/C21H20N4O2/c1-2-23-15-10-6-7-11-16(15)25-18-17(14(12-22)19(23)25)20(26)24(21(18)27)13-8-4-3-5-9-13/h6-7,10-11,13H,2-5,8-9H2,1H3. The number of imidazole rings is 1. The Morgan fingerprint density at radius 1 is 1.07 bits per heavy atom. The Hall–Kier alpha value is -3.07.